The smallest absolute Gasteiger partial charge is 0.407 e. The fraction of sp³-hybridized carbons (Fsp3) is 0.857. The van der Waals surface area contributed by atoms with E-state index in [-0.39, 0.29) is 5.54 Å². The van der Waals surface area contributed by atoms with Gasteiger partial charge in [0.2, 0.25) is 0 Å². The highest BCUT2D eigenvalue weighted by molar-refractivity contribution is 5.65. The summed E-state index contributed by atoms with van der Waals surface area (Å²) in [5, 5.41) is 8.64. The lowest BCUT2D eigenvalue weighted by Crippen LogP contribution is -2.53. The monoisotopic (exact) mass is 158 g/mol. The second-order valence-corrected chi connectivity index (χ2v) is 3.46. The summed E-state index contributed by atoms with van der Waals surface area (Å²) in [6.07, 6.45) is 0.928. The number of nitrogens with two attached hydrogens (primary N) is 1. The number of piperidine rings is 1. The molecule has 64 valence electrons. The third-order valence-corrected chi connectivity index (χ3v) is 2.00. The molecule has 0 bridgehead atoms. The summed E-state index contributed by atoms with van der Waals surface area (Å²) in [5.74, 6) is 0. The van der Waals surface area contributed by atoms with Crippen LogP contribution in [0.1, 0.15) is 19.8 Å². The molecule has 0 unspecified atom stereocenters. The molecule has 4 nitrogen and oxygen atoms in total. The Labute approximate surface area is 66.0 Å². The van der Waals surface area contributed by atoms with Gasteiger partial charge in [-0.2, -0.15) is 0 Å². The Kier molecular flexibility index (Phi) is 2.04. The van der Waals surface area contributed by atoms with Crippen LogP contribution < -0.4 is 5.73 Å². The van der Waals surface area contributed by atoms with Gasteiger partial charge in [-0.1, -0.05) is 0 Å². The van der Waals surface area contributed by atoms with E-state index >= 15 is 0 Å². The summed E-state index contributed by atoms with van der Waals surface area (Å²) in [6.45, 7) is 2.98. The summed E-state index contributed by atoms with van der Waals surface area (Å²) in [6, 6.07) is 0. The van der Waals surface area contributed by atoms with Crippen LogP contribution in [-0.2, 0) is 0 Å². The number of carbonyl (C=O) groups is 1. The van der Waals surface area contributed by atoms with Crippen LogP contribution in [0.3, 0.4) is 0 Å². The Morgan fingerprint density at radius 1 is 1.73 bits per heavy atom. The van der Waals surface area contributed by atoms with Crippen molar-refractivity contribution in [2.75, 3.05) is 13.1 Å². The number of carboxylic acid groups (broad SMARTS) is 1. The van der Waals surface area contributed by atoms with Crippen LogP contribution in [0, 0.1) is 0 Å². The summed E-state index contributed by atoms with van der Waals surface area (Å²) in [7, 11) is 0. The van der Waals surface area contributed by atoms with E-state index in [0.29, 0.717) is 13.1 Å². The van der Waals surface area contributed by atoms with Gasteiger partial charge in [0.25, 0.3) is 0 Å². The van der Waals surface area contributed by atoms with Gasteiger partial charge < -0.3 is 15.7 Å². The first kappa shape index (κ1) is 8.33. The van der Waals surface area contributed by atoms with Crippen molar-refractivity contribution < 1.29 is 9.90 Å². The number of hydrogen-bond donors (Lipinski definition) is 2. The minimum Gasteiger partial charge on any atom is -0.465 e. The van der Waals surface area contributed by atoms with E-state index in [1.807, 2.05) is 6.92 Å². The number of hydrogen-bond acceptors (Lipinski definition) is 2. The van der Waals surface area contributed by atoms with Gasteiger partial charge in [0.15, 0.2) is 0 Å². The van der Waals surface area contributed by atoms with Crippen molar-refractivity contribution in [1.82, 2.24) is 4.90 Å². The van der Waals surface area contributed by atoms with Crippen LogP contribution in [0.2, 0.25) is 0 Å². The van der Waals surface area contributed by atoms with Gasteiger partial charge in [0.05, 0.1) is 0 Å². The van der Waals surface area contributed by atoms with Gasteiger partial charge in [0.1, 0.15) is 0 Å². The van der Waals surface area contributed by atoms with Crippen LogP contribution in [0.25, 0.3) is 0 Å². The molecule has 0 aromatic heterocycles. The minimum absolute atomic E-state index is 0.323. The summed E-state index contributed by atoms with van der Waals surface area (Å²) in [4.78, 5) is 11.9. The summed E-state index contributed by atoms with van der Waals surface area (Å²) >= 11 is 0. The lowest BCUT2D eigenvalue weighted by molar-refractivity contribution is 0.115. The second kappa shape index (κ2) is 2.70. The average Bonchev–Trinajstić information content (AvgIpc) is 1.85. The largest absolute Gasteiger partial charge is 0.465 e. The quantitative estimate of drug-likeness (QED) is 0.538. The molecule has 0 aromatic carbocycles. The van der Waals surface area contributed by atoms with Crippen molar-refractivity contribution in [3.05, 3.63) is 0 Å². The molecule has 1 atom stereocenters. The zero-order valence-electron chi connectivity index (χ0n) is 6.71. The number of likely N-dealkylation sites (tertiary alicyclic amines) is 1. The summed E-state index contributed by atoms with van der Waals surface area (Å²) < 4.78 is 0. The Balaban J connectivity index is 2.53. The average molecular weight is 158 g/mol. The van der Waals surface area contributed by atoms with Crippen LogP contribution in [0.15, 0.2) is 0 Å². The van der Waals surface area contributed by atoms with Crippen molar-refractivity contribution in [1.29, 1.82) is 0 Å². The molecule has 1 rings (SSSR count). The van der Waals surface area contributed by atoms with Crippen molar-refractivity contribution in [3.8, 4) is 0 Å². The Bertz CT molecular complexity index is 168. The fourth-order valence-corrected chi connectivity index (χ4v) is 1.43. The molecule has 4 heteroatoms. The van der Waals surface area contributed by atoms with E-state index in [1.54, 1.807) is 0 Å². The zero-order valence-corrected chi connectivity index (χ0v) is 6.71. The SMILES string of the molecule is C[C@]1(N)CCCN(C(=O)O)C1. The molecule has 1 heterocycles. The third-order valence-electron chi connectivity index (χ3n) is 2.00. The Hall–Kier alpha value is -0.770. The van der Waals surface area contributed by atoms with Gasteiger partial charge in [-0.25, -0.2) is 4.79 Å². The molecular formula is C7H14N2O2. The van der Waals surface area contributed by atoms with E-state index in [9.17, 15) is 4.79 Å². The molecule has 0 spiro atoms. The first-order valence-electron chi connectivity index (χ1n) is 3.78. The lowest BCUT2D eigenvalue weighted by atomic mass is 9.93. The normalized spacial score (nSPS) is 32.0. The third kappa shape index (κ3) is 2.08. The van der Waals surface area contributed by atoms with Crippen LogP contribution in [-0.4, -0.2) is 34.7 Å². The predicted molar refractivity (Wildman–Crippen MR) is 41.4 cm³/mol. The van der Waals surface area contributed by atoms with Gasteiger partial charge in [-0.15, -0.1) is 0 Å². The molecule has 1 aliphatic rings. The Morgan fingerprint density at radius 2 is 2.36 bits per heavy atom. The minimum atomic E-state index is -0.860. The van der Waals surface area contributed by atoms with E-state index in [0.717, 1.165) is 12.8 Å². The number of rotatable bonds is 0. The van der Waals surface area contributed by atoms with Crippen molar-refractivity contribution in [3.63, 3.8) is 0 Å². The highest BCUT2D eigenvalue weighted by atomic mass is 16.4. The maximum Gasteiger partial charge on any atom is 0.407 e. The molecule has 0 aromatic rings. The van der Waals surface area contributed by atoms with Gasteiger partial charge in [-0.05, 0) is 19.8 Å². The second-order valence-electron chi connectivity index (χ2n) is 3.46. The van der Waals surface area contributed by atoms with Crippen LogP contribution in [0.5, 0.6) is 0 Å². The van der Waals surface area contributed by atoms with Crippen LogP contribution >= 0.6 is 0 Å². The van der Waals surface area contributed by atoms with Gasteiger partial charge in [-0.3, -0.25) is 0 Å². The fourth-order valence-electron chi connectivity index (χ4n) is 1.43. The molecule has 1 amide bonds. The van der Waals surface area contributed by atoms with E-state index < -0.39 is 6.09 Å². The van der Waals surface area contributed by atoms with Crippen molar-refractivity contribution in [2.24, 2.45) is 5.73 Å². The van der Waals surface area contributed by atoms with Gasteiger partial charge in [0, 0.05) is 18.6 Å². The number of nitrogens with zero attached hydrogens (tertiary/aromatic N) is 1. The zero-order chi connectivity index (χ0) is 8.48. The predicted octanol–water partition coefficient (Wildman–Crippen LogP) is 0.478. The first-order valence-corrected chi connectivity index (χ1v) is 3.78. The standard InChI is InChI=1S/C7H14N2O2/c1-7(8)3-2-4-9(5-7)6(10)11/h2-5,8H2,1H3,(H,10,11)/t7-/m0/s1. The molecule has 0 radical (unpaired) electrons. The molecule has 3 N–H and O–H groups in total. The number of amides is 1. The lowest BCUT2D eigenvalue weighted by Gasteiger charge is -2.36. The van der Waals surface area contributed by atoms with Crippen LogP contribution in [0.4, 0.5) is 4.79 Å². The first-order chi connectivity index (χ1) is 5.01. The highest BCUT2D eigenvalue weighted by Gasteiger charge is 2.29. The maximum atomic E-state index is 10.5. The molecule has 0 saturated carbocycles. The van der Waals surface area contributed by atoms with E-state index in [1.165, 1.54) is 4.90 Å². The van der Waals surface area contributed by atoms with E-state index in [4.69, 9.17) is 10.8 Å². The molecule has 1 fully saturated rings. The topological polar surface area (TPSA) is 66.6 Å². The highest BCUT2D eigenvalue weighted by Crippen LogP contribution is 2.17. The van der Waals surface area contributed by atoms with Crippen molar-refractivity contribution >= 4 is 6.09 Å². The molecule has 11 heavy (non-hydrogen) atoms. The van der Waals surface area contributed by atoms with Crippen molar-refractivity contribution in [2.45, 2.75) is 25.3 Å². The van der Waals surface area contributed by atoms with Gasteiger partial charge >= 0.3 is 6.09 Å². The Morgan fingerprint density at radius 3 is 2.73 bits per heavy atom. The molecule has 1 aliphatic heterocycles. The maximum absolute atomic E-state index is 10.5. The molecule has 0 aliphatic carbocycles. The molecule has 1 saturated heterocycles. The van der Waals surface area contributed by atoms with E-state index in [2.05, 4.69) is 0 Å². The summed E-state index contributed by atoms with van der Waals surface area (Å²) in [5.41, 5.74) is 5.48. The molecular weight excluding hydrogens is 144 g/mol.